The fourth-order valence-electron chi connectivity index (χ4n) is 2.03. The summed E-state index contributed by atoms with van der Waals surface area (Å²) >= 11 is 0. The topological polar surface area (TPSA) is 107 Å². The molecule has 0 radical (unpaired) electrons. The van der Waals surface area contributed by atoms with Gasteiger partial charge in [-0.1, -0.05) is 24.6 Å². The van der Waals surface area contributed by atoms with Crippen LogP contribution in [0.15, 0.2) is 29.2 Å². The first kappa shape index (κ1) is 19.6. The van der Waals surface area contributed by atoms with Crippen LogP contribution in [0.3, 0.4) is 0 Å². The lowest BCUT2D eigenvalue weighted by molar-refractivity contribution is -0.139. The summed E-state index contributed by atoms with van der Waals surface area (Å²) in [5.41, 5.74) is 0.954. The molecule has 0 aliphatic rings. The number of rotatable bonds is 9. The van der Waals surface area contributed by atoms with E-state index in [1.807, 2.05) is 6.92 Å². The lowest BCUT2D eigenvalue weighted by Crippen LogP contribution is -2.44. The smallest absolute Gasteiger partial charge is 0.320 e. The van der Waals surface area contributed by atoms with E-state index in [0.29, 0.717) is 6.42 Å². The van der Waals surface area contributed by atoms with Crippen LogP contribution in [0.1, 0.15) is 18.9 Å². The van der Waals surface area contributed by atoms with Gasteiger partial charge in [-0.05, 0) is 25.5 Å². The van der Waals surface area contributed by atoms with E-state index in [4.69, 9.17) is 5.11 Å². The monoisotopic (exact) mass is 344 g/mol. The van der Waals surface area contributed by atoms with Crippen LogP contribution in [-0.4, -0.2) is 61.2 Å². The Bertz CT molecular complexity index is 615. The lowest BCUT2D eigenvalue weighted by atomic mass is 10.2. The molecule has 3 N–H and O–H groups in total. The Balaban J connectivity index is 2.65. The molecule has 0 saturated carbocycles. The molecular formula is C15H24N2O5S. The Morgan fingerprint density at radius 1 is 1.30 bits per heavy atom. The lowest BCUT2D eigenvalue weighted by Gasteiger charge is -2.22. The van der Waals surface area contributed by atoms with Crippen molar-refractivity contribution in [3.05, 3.63) is 29.8 Å². The summed E-state index contributed by atoms with van der Waals surface area (Å²) in [6.45, 7) is 3.45. The first-order chi connectivity index (χ1) is 10.7. The van der Waals surface area contributed by atoms with Gasteiger partial charge in [0.05, 0.1) is 11.0 Å². The van der Waals surface area contributed by atoms with E-state index in [1.165, 1.54) is 19.2 Å². The van der Waals surface area contributed by atoms with Gasteiger partial charge in [-0.15, -0.1) is 0 Å². The van der Waals surface area contributed by atoms with Gasteiger partial charge in [0.25, 0.3) is 0 Å². The fraction of sp³-hybridized carbons (Fsp3) is 0.533. The summed E-state index contributed by atoms with van der Waals surface area (Å²) in [6, 6.07) is 5.69. The van der Waals surface area contributed by atoms with Crippen molar-refractivity contribution in [2.45, 2.75) is 37.3 Å². The number of aliphatic hydroxyl groups is 1. The fourth-order valence-corrected chi connectivity index (χ4v) is 3.24. The molecule has 2 atom stereocenters. The second-order valence-corrected chi connectivity index (χ2v) is 7.50. The van der Waals surface area contributed by atoms with Crippen LogP contribution < -0.4 is 5.32 Å². The number of aliphatic hydroxyl groups excluding tert-OH is 1. The van der Waals surface area contributed by atoms with E-state index in [0.717, 1.165) is 9.87 Å². The normalized spacial score (nSPS) is 14.7. The number of hydrogen-bond donors (Lipinski definition) is 3. The minimum atomic E-state index is -3.68. The molecule has 2 unspecified atom stereocenters. The van der Waals surface area contributed by atoms with Gasteiger partial charge in [-0.2, -0.15) is 4.31 Å². The van der Waals surface area contributed by atoms with Gasteiger partial charge in [0.1, 0.15) is 6.04 Å². The minimum absolute atomic E-state index is 0.00142. The predicted octanol–water partition coefficient (Wildman–Crippen LogP) is 0.429. The van der Waals surface area contributed by atoms with Crippen LogP contribution in [0, 0.1) is 6.92 Å². The number of carboxylic acids is 1. The average molecular weight is 344 g/mol. The highest BCUT2D eigenvalue weighted by molar-refractivity contribution is 7.89. The van der Waals surface area contributed by atoms with Crippen LogP contribution in [0.5, 0.6) is 0 Å². The third-order valence-electron chi connectivity index (χ3n) is 3.50. The number of aliphatic carboxylic acids is 1. The summed E-state index contributed by atoms with van der Waals surface area (Å²) in [6.07, 6.45) is -0.631. The summed E-state index contributed by atoms with van der Waals surface area (Å²) in [7, 11) is -2.30. The van der Waals surface area contributed by atoms with E-state index in [-0.39, 0.29) is 18.0 Å². The highest BCUT2D eigenvalue weighted by Gasteiger charge is 2.23. The minimum Gasteiger partial charge on any atom is -0.480 e. The summed E-state index contributed by atoms with van der Waals surface area (Å²) in [4.78, 5) is 11.0. The Labute approximate surface area is 137 Å². The quantitative estimate of drug-likeness (QED) is 0.600. The Kier molecular flexibility index (Phi) is 7.14. The largest absolute Gasteiger partial charge is 0.480 e. The van der Waals surface area contributed by atoms with E-state index in [2.05, 4.69) is 5.32 Å². The molecule has 7 nitrogen and oxygen atoms in total. The molecule has 23 heavy (non-hydrogen) atoms. The predicted molar refractivity (Wildman–Crippen MR) is 86.7 cm³/mol. The Hall–Kier alpha value is -1.48. The van der Waals surface area contributed by atoms with E-state index in [1.54, 1.807) is 19.1 Å². The molecule has 0 bridgehead atoms. The van der Waals surface area contributed by atoms with Crippen molar-refractivity contribution in [2.75, 3.05) is 20.1 Å². The van der Waals surface area contributed by atoms with Crippen molar-refractivity contribution in [2.24, 2.45) is 0 Å². The molecule has 130 valence electrons. The van der Waals surface area contributed by atoms with Crippen molar-refractivity contribution in [3.63, 3.8) is 0 Å². The second-order valence-electron chi connectivity index (χ2n) is 5.46. The van der Waals surface area contributed by atoms with Gasteiger partial charge < -0.3 is 15.5 Å². The molecule has 0 amide bonds. The standard InChI is InChI=1S/C15H24N2O5S/c1-4-14(15(19)20)16-9-12(18)10-17(3)23(21,22)13-7-5-11(2)6-8-13/h5-8,12,14,16,18H,4,9-10H2,1-3H3,(H,19,20). The average Bonchev–Trinajstić information content (AvgIpc) is 2.47. The second kappa shape index (κ2) is 8.39. The van der Waals surface area contributed by atoms with Crippen molar-refractivity contribution in [1.29, 1.82) is 0 Å². The van der Waals surface area contributed by atoms with E-state index >= 15 is 0 Å². The first-order valence-corrected chi connectivity index (χ1v) is 8.79. The van der Waals surface area contributed by atoms with Crippen molar-refractivity contribution < 1.29 is 23.4 Å². The molecule has 0 heterocycles. The number of carbonyl (C=O) groups is 1. The van der Waals surface area contributed by atoms with Crippen LogP contribution in [0.25, 0.3) is 0 Å². The first-order valence-electron chi connectivity index (χ1n) is 7.35. The Morgan fingerprint density at radius 2 is 1.87 bits per heavy atom. The highest BCUT2D eigenvalue weighted by Crippen LogP contribution is 2.15. The maximum atomic E-state index is 12.4. The molecule has 1 aromatic rings. The molecule has 0 aliphatic heterocycles. The summed E-state index contributed by atoms with van der Waals surface area (Å²) in [5, 5.41) is 21.6. The zero-order valence-electron chi connectivity index (χ0n) is 13.6. The number of benzene rings is 1. The molecule has 0 aliphatic carbocycles. The molecule has 0 fully saturated rings. The maximum absolute atomic E-state index is 12.4. The summed E-state index contributed by atoms with van der Waals surface area (Å²) in [5.74, 6) is -1.000. The molecule has 0 saturated heterocycles. The van der Waals surface area contributed by atoms with Crippen LogP contribution in [0.4, 0.5) is 0 Å². The number of nitrogens with one attached hydrogen (secondary N) is 1. The van der Waals surface area contributed by atoms with Gasteiger partial charge in [-0.25, -0.2) is 8.42 Å². The third kappa shape index (κ3) is 5.58. The maximum Gasteiger partial charge on any atom is 0.320 e. The molecule has 8 heteroatoms. The van der Waals surface area contributed by atoms with Crippen molar-refractivity contribution in [1.82, 2.24) is 9.62 Å². The van der Waals surface area contributed by atoms with Gasteiger partial charge in [-0.3, -0.25) is 4.79 Å². The number of nitrogens with zero attached hydrogens (tertiary/aromatic N) is 1. The van der Waals surface area contributed by atoms with Crippen LogP contribution in [0.2, 0.25) is 0 Å². The molecular weight excluding hydrogens is 320 g/mol. The van der Waals surface area contributed by atoms with Crippen LogP contribution in [-0.2, 0) is 14.8 Å². The van der Waals surface area contributed by atoms with Gasteiger partial charge in [0.2, 0.25) is 10.0 Å². The molecule has 0 aromatic heterocycles. The van der Waals surface area contributed by atoms with Crippen molar-refractivity contribution >= 4 is 16.0 Å². The van der Waals surface area contributed by atoms with Crippen molar-refractivity contribution in [3.8, 4) is 0 Å². The van der Waals surface area contributed by atoms with E-state index < -0.39 is 28.1 Å². The number of likely N-dealkylation sites (N-methyl/N-ethyl adjacent to an activating group) is 1. The number of hydrogen-bond acceptors (Lipinski definition) is 5. The van der Waals surface area contributed by atoms with Gasteiger partial charge in [0, 0.05) is 20.1 Å². The Morgan fingerprint density at radius 3 is 2.35 bits per heavy atom. The molecule has 1 aromatic carbocycles. The summed E-state index contributed by atoms with van der Waals surface area (Å²) < 4.78 is 25.8. The van der Waals surface area contributed by atoms with Crippen LogP contribution >= 0.6 is 0 Å². The highest BCUT2D eigenvalue weighted by atomic mass is 32.2. The zero-order valence-corrected chi connectivity index (χ0v) is 14.4. The number of sulfonamides is 1. The van der Waals surface area contributed by atoms with E-state index in [9.17, 15) is 18.3 Å². The SMILES string of the molecule is CCC(NCC(O)CN(C)S(=O)(=O)c1ccc(C)cc1)C(=O)O. The number of carboxylic acid groups (broad SMARTS) is 1. The zero-order chi connectivity index (χ0) is 17.6. The number of aryl methyl sites for hydroxylation is 1. The molecule has 0 spiro atoms. The van der Waals surface area contributed by atoms with Gasteiger partial charge >= 0.3 is 5.97 Å². The van der Waals surface area contributed by atoms with Gasteiger partial charge in [0.15, 0.2) is 0 Å². The molecule has 1 rings (SSSR count). The third-order valence-corrected chi connectivity index (χ3v) is 5.34.